The maximum absolute atomic E-state index is 10.3. The summed E-state index contributed by atoms with van der Waals surface area (Å²) in [6.45, 7) is 6.65. The fraction of sp³-hybridized carbons (Fsp3) is 0.737. The van der Waals surface area contributed by atoms with Gasteiger partial charge in [0.25, 0.3) is 0 Å². The first-order valence-electron chi connectivity index (χ1n) is 8.89. The van der Waals surface area contributed by atoms with Crippen LogP contribution in [0, 0.1) is 6.08 Å². The smallest absolute Gasteiger partial charge is 1.00 e. The monoisotopic (exact) mass is 572 g/mol. The van der Waals surface area contributed by atoms with Gasteiger partial charge in [-0.2, -0.15) is 6.08 Å². The number of rotatable bonds is 10. The van der Waals surface area contributed by atoms with Gasteiger partial charge in [0.05, 0.1) is 0 Å². The van der Waals surface area contributed by atoms with Gasteiger partial charge in [0.1, 0.15) is 0 Å². The Kier molecular flexibility index (Phi) is 52.1. The van der Waals surface area contributed by atoms with Crippen molar-refractivity contribution < 1.29 is 55.5 Å². The van der Waals surface area contributed by atoms with E-state index in [1.54, 1.807) is 0 Å². The Labute approximate surface area is 190 Å². The first-order chi connectivity index (χ1) is 10.7. The summed E-state index contributed by atoms with van der Waals surface area (Å²) in [5.74, 6) is -0.409. The molecular weight excluding hydrogens is 536 g/mol. The van der Waals surface area contributed by atoms with E-state index in [4.69, 9.17) is 5.73 Å². The minimum absolute atomic E-state index is 0. The molecule has 0 spiro atoms. The molecule has 0 aromatic carbocycles. The zero-order valence-electron chi connectivity index (χ0n) is 16.3. The number of nitrogens with one attached hydrogen (secondary N) is 1. The van der Waals surface area contributed by atoms with E-state index in [9.17, 15) is 4.79 Å². The van der Waals surface area contributed by atoms with E-state index < -0.39 is 5.91 Å². The molecule has 25 heavy (non-hydrogen) atoms. The first-order valence-corrected chi connectivity index (χ1v) is 11.2. The molecular formula is C19H36Cl2HfNOSi. The number of carbonyl (C=O) groups is 1. The molecule has 2 nitrogen and oxygen atoms in total. The van der Waals surface area contributed by atoms with Gasteiger partial charge in [-0.05, 0) is 12.8 Å². The van der Waals surface area contributed by atoms with Crippen LogP contribution in [0.4, 0.5) is 0 Å². The first kappa shape index (κ1) is 36.5. The molecule has 1 aliphatic carbocycles. The number of hydrogen-bond donors (Lipinski definition) is 0. The average Bonchev–Trinajstić information content (AvgIpc) is 3.05. The van der Waals surface area contributed by atoms with E-state index in [0.717, 1.165) is 28.8 Å². The summed E-state index contributed by atoms with van der Waals surface area (Å²) in [6.07, 6.45) is 21.8. The van der Waals surface area contributed by atoms with E-state index >= 15 is 0 Å². The summed E-state index contributed by atoms with van der Waals surface area (Å²) in [7, 11) is 0.750. The van der Waals surface area contributed by atoms with Crippen LogP contribution in [0.5, 0.6) is 0 Å². The maximum Gasteiger partial charge on any atom is 4.00 e. The predicted octanol–water partition coefficient (Wildman–Crippen LogP) is 0.316. The summed E-state index contributed by atoms with van der Waals surface area (Å²) < 4.78 is 0. The van der Waals surface area contributed by atoms with Crippen molar-refractivity contribution in [2.24, 2.45) is 0 Å². The summed E-state index contributed by atoms with van der Waals surface area (Å²) in [6, 6.07) is 0. The molecule has 0 aromatic heterocycles. The van der Waals surface area contributed by atoms with E-state index in [1.807, 2.05) is 12.2 Å². The number of unbranched alkanes of at least 4 members (excludes halogenated alkanes) is 8. The van der Waals surface area contributed by atoms with Gasteiger partial charge in [0, 0.05) is 15.4 Å². The Morgan fingerprint density at radius 1 is 1.00 bits per heavy atom. The van der Waals surface area contributed by atoms with Crippen LogP contribution in [0.3, 0.4) is 0 Å². The van der Waals surface area contributed by atoms with Gasteiger partial charge in [-0.25, -0.2) is 12.2 Å². The van der Waals surface area contributed by atoms with Crippen LogP contribution in [0.15, 0.2) is 18.2 Å². The SMILES string of the molecule is CCCCCCCCCCCC([NH-])=O.C[SiH]C.[C-]1=CC=CC1.[Cl-].[Cl-].[Hf+4]. The second kappa shape index (κ2) is 35.7. The quantitative estimate of drug-likeness (QED) is 0.212. The normalized spacial score (nSPS) is 10.0. The van der Waals surface area contributed by atoms with Gasteiger partial charge in [-0.15, -0.1) is 6.42 Å². The molecule has 0 aromatic rings. The van der Waals surface area contributed by atoms with Crippen molar-refractivity contribution in [3.8, 4) is 0 Å². The van der Waals surface area contributed by atoms with E-state index in [1.165, 1.54) is 44.9 Å². The van der Waals surface area contributed by atoms with Crippen molar-refractivity contribution in [2.75, 3.05) is 0 Å². The van der Waals surface area contributed by atoms with E-state index in [-0.39, 0.29) is 50.7 Å². The van der Waals surface area contributed by atoms with Crippen LogP contribution >= 0.6 is 0 Å². The molecule has 145 valence electrons. The Hall–Kier alpha value is 0.617. The van der Waals surface area contributed by atoms with Crippen LogP contribution < -0.4 is 24.8 Å². The van der Waals surface area contributed by atoms with Gasteiger partial charge in [-0.1, -0.05) is 71.4 Å². The second-order valence-corrected chi connectivity index (χ2v) is 6.74. The van der Waals surface area contributed by atoms with Gasteiger partial charge in [-0.3, -0.25) is 6.08 Å². The van der Waals surface area contributed by atoms with Crippen molar-refractivity contribution in [2.45, 2.75) is 90.6 Å². The molecule has 0 fully saturated rings. The predicted molar refractivity (Wildman–Crippen MR) is 102 cm³/mol. The number of carbonyl (C=O) groups excluding carboxylic acids is 1. The minimum atomic E-state index is -0.409. The molecule has 1 aliphatic rings. The van der Waals surface area contributed by atoms with Gasteiger partial charge in [0.2, 0.25) is 0 Å². The minimum Gasteiger partial charge on any atom is -1.00 e. The summed E-state index contributed by atoms with van der Waals surface area (Å²) in [4.78, 5) is 10.3. The average molecular weight is 572 g/mol. The fourth-order valence-electron chi connectivity index (χ4n) is 1.94. The molecule has 1 N–H and O–H groups in total. The molecule has 0 unspecified atom stereocenters. The zero-order valence-corrected chi connectivity index (χ0v) is 22.5. The molecule has 0 atom stereocenters. The van der Waals surface area contributed by atoms with Crippen molar-refractivity contribution in [3.05, 3.63) is 30.0 Å². The molecule has 1 amide bonds. The topological polar surface area (TPSA) is 40.9 Å². The van der Waals surface area contributed by atoms with Gasteiger partial charge >= 0.3 is 25.8 Å². The molecule has 0 bridgehead atoms. The van der Waals surface area contributed by atoms with Crippen LogP contribution in [-0.4, -0.2) is 15.4 Å². The van der Waals surface area contributed by atoms with Crippen molar-refractivity contribution >= 4 is 15.4 Å². The number of hydrogen-bond acceptors (Lipinski definition) is 1. The van der Waals surface area contributed by atoms with Crippen LogP contribution in [0.2, 0.25) is 13.1 Å². The summed E-state index contributed by atoms with van der Waals surface area (Å²) >= 11 is 0. The standard InChI is InChI=1S/C12H25NO.C5H5.C2H7Si.2ClH.Hf/c1-2-3-4-5-6-7-8-9-10-11-12(13)14;1-2-4-5-3-1;1-3-2;;;/h2-11H2,1H3,(H2,13,14);1-3H,4H2;3H,1-2H3;2*1H;/q;-1;;;;+4/p-3. The third-order valence-corrected chi connectivity index (χ3v) is 3.09. The number of amides is 1. The van der Waals surface area contributed by atoms with Crippen LogP contribution in [0.1, 0.15) is 77.6 Å². The maximum atomic E-state index is 10.3. The largest absolute Gasteiger partial charge is 4.00 e. The number of halogens is 2. The fourth-order valence-corrected chi connectivity index (χ4v) is 1.94. The second-order valence-electron chi connectivity index (χ2n) is 5.58. The van der Waals surface area contributed by atoms with Crippen LogP contribution in [0.25, 0.3) is 5.73 Å². The van der Waals surface area contributed by atoms with Crippen molar-refractivity contribution in [3.63, 3.8) is 0 Å². The van der Waals surface area contributed by atoms with Gasteiger partial charge in [0.15, 0.2) is 0 Å². The summed E-state index contributed by atoms with van der Waals surface area (Å²) in [5.41, 5.74) is 6.73. The molecule has 0 saturated carbocycles. The van der Waals surface area contributed by atoms with E-state index in [2.05, 4.69) is 32.2 Å². The summed E-state index contributed by atoms with van der Waals surface area (Å²) in [5, 5.41) is 0. The van der Waals surface area contributed by atoms with Crippen molar-refractivity contribution in [1.29, 1.82) is 0 Å². The molecule has 0 heterocycles. The third kappa shape index (κ3) is 45.6. The Bertz CT molecular complexity index is 281. The molecule has 1 radical (unpaired) electrons. The molecule has 1 rings (SSSR count). The van der Waals surface area contributed by atoms with Crippen molar-refractivity contribution in [1.82, 2.24) is 0 Å². The van der Waals surface area contributed by atoms with Crippen LogP contribution in [-0.2, 0) is 30.6 Å². The zero-order chi connectivity index (χ0) is 16.9. The Morgan fingerprint density at radius 3 is 1.72 bits per heavy atom. The Balaban J connectivity index is -0.000000102. The Morgan fingerprint density at radius 2 is 1.44 bits per heavy atom. The molecule has 6 heteroatoms. The molecule has 0 aliphatic heterocycles. The third-order valence-electron chi connectivity index (χ3n) is 3.09. The number of allylic oxidation sites excluding steroid dienone is 4. The van der Waals surface area contributed by atoms with Gasteiger partial charge < -0.3 is 35.3 Å². The molecule has 0 saturated heterocycles. The van der Waals surface area contributed by atoms with E-state index in [0.29, 0.717) is 6.42 Å².